The molecule has 0 fully saturated rings. The number of hydrogen-bond donors (Lipinski definition) is 7. The number of fused-ring (bicyclic) bond motifs is 2. The molecule has 0 aliphatic carbocycles. The fraction of sp³-hybridized carbons (Fsp3) is 0.0645. The zero-order valence-electron chi connectivity index (χ0n) is 30.9. The topological polar surface area (TPSA) is 420 Å². The second-order valence-electron chi connectivity index (χ2n) is 12.2. The molecular weight excluding hydrogens is 1000 g/mol. The van der Waals surface area contributed by atoms with Crippen LogP contribution >= 0.6 is 11.6 Å². The molecule has 1 aromatic heterocycles. The number of benzene rings is 5. The lowest BCUT2D eigenvalue weighted by Crippen LogP contribution is -2.15. The van der Waals surface area contributed by atoms with Crippen LogP contribution in [0.1, 0.15) is 0 Å². The van der Waals surface area contributed by atoms with Gasteiger partial charge in [-0.15, -0.1) is 22.9 Å². The lowest BCUT2D eigenvalue weighted by Gasteiger charge is -2.14. The molecule has 340 valence electrons. The third-order valence-electron chi connectivity index (χ3n) is 8.00. The zero-order valence-corrected chi connectivity index (χ0v) is 36.6. The highest BCUT2D eigenvalue weighted by molar-refractivity contribution is 7.91. The largest absolute Gasteiger partial charge is 0.505 e. The molecule has 5 aromatic carbocycles. The Kier molecular flexibility index (Phi) is 14.3. The Balaban J connectivity index is 0.00000185. The molecule has 33 heteroatoms. The minimum absolute atomic E-state index is 0.0239. The van der Waals surface area contributed by atoms with Gasteiger partial charge in [0.2, 0.25) is 17.2 Å². The van der Waals surface area contributed by atoms with Crippen molar-refractivity contribution >= 4 is 129 Å². The third-order valence-corrected chi connectivity index (χ3v) is 13.0. The number of phenolic OH excluding ortho intramolecular Hbond substituents is 1. The highest BCUT2D eigenvalue weighted by Crippen LogP contribution is 2.43. The van der Waals surface area contributed by atoms with E-state index in [1.807, 2.05) is 0 Å². The number of aromatic nitrogens is 3. The number of nitrogens with zero attached hydrogens (tertiary/aromatic N) is 5. The molecule has 0 amide bonds. The molecule has 0 aliphatic rings. The van der Waals surface area contributed by atoms with E-state index < -0.39 is 105 Å². The molecule has 0 bridgehead atoms. The van der Waals surface area contributed by atoms with Crippen LogP contribution in [-0.2, 0) is 65.4 Å². The Morgan fingerprint density at radius 1 is 0.656 bits per heavy atom. The van der Waals surface area contributed by atoms with Crippen LogP contribution in [0.15, 0.2) is 109 Å². The summed E-state index contributed by atoms with van der Waals surface area (Å²) >= 11 is 6.13. The zero-order chi connectivity index (χ0) is 47.6. The molecule has 0 aliphatic heterocycles. The number of phenols is 1. The summed E-state index contributed by atoms with van der Waals surface area (Å²) in [7, 11) is -26.9. The first-order chi connectivity index (χ1) is 29.5. The van der Waals surface area contributed by atoms with Gasteiger partial charge < -0.3 is 15.7 Å². The number of hydrogen-bond acceptors (Lipinski definition) is 22. The maximum Gasteiger partial charge on any atom is 0.425 e. The maximum absolute atomic E-state index is 12.5. The van der Waals surface area contributed by atoms with Crippen molar-refractivity contribution in [1.29, 1.82) is 0 Å². The van der Waals surface area contributed by atoms with Crippen LogP contribution < -0.4 is 10.6 Å². The number of nitrogens with one attached hydrogen (secondary N) is 2. The molecule has 7 N–H and O–H groups in total. The average Bonchev–Trinajstić information content (AvgIpc) is 3.15. The van der Waals surface area contributed by atoms with Gasteiger partial charge in [-0.25, -0.2) is 12.6 Å². The van der Waals surface area contributed by atoms with Gasteiger partial charge in [0.15, 0.2) is 15.6 Å². The van der Waals surface area contributed by atoms with Gasteiger partial charge >= 0.3 is 21.0 Å². The van der Waals surface area contributed by atoms with Crippen molar-refractivity contribution in [1.82, 2.24) is 15.0 Å². The summed E-state index contributed by atoms with van der Waals surface area (Å²) in [5, 5.41) is 23.3. The van der Waals surface area contributed by atoms with Gasteiger partial charge in [-0.2, -0.15) is 48.6 Å². The van der Waals surface area contributed by atoms with E-state index in [2.05, 4.69) is 40.0 Å². The minimum atomic E-state index is -5.14. The van der Waals surface area contributed by atoms with E-state index in [1.54, 1.807) is 0 Å². The molecular formula is C31H24ClN7O19S6. The van der Waals surface area contributed by atoms with Crippen molar-refractivity contribution in [3.05, 3.63) is 84.1 Å². The predicted molar refractivity (Wildman–Crippen MR) is 220 cm³/mol. The average molecular weight is 1030 g/mol. The summed E-state index contributed by atoms with van der Waals surface area (Å²) in [4.78, 5) is 9.56. The van der Waals surface area contributed by atoms with Crippen LogP contribution in [0.3, 0.4) is 0 Å². The number of rotatable bonds is 14. The fourth-order valence-corrected chi connectivity index (χ4v) is 9.26. The van der Waals surface area contributed by atoms with Gasteiger partial charge in [-0.1, -0.05) is 24.3 Å². The molecule has 0 spiro atoms. The van der Waals surface area contributed by atoms with Gasteiger partial charge in [-0.05, 0) is 71.6 Å². The van der Waals surface area contributed by atoms with E-state index in [9.17, 15) is 60.9 Å². The number of aromatic hydroxyl groups is 1. The second kappa shape index (κ2) is 18.7. The van der Waals surface area contributed by atoms with Gasteiger partial charge in [0.05, 0.1) is 27.8 Å². The summed E-state index contributed by atoms with van der Waals surface area (Å²) in [6.07, 6.45) is 0. The first-order valence-electron chi connectivity index (χ1n) is 16.4. The molecule has 0 saturated carbocycles. The standard InChI is InChI=1S/C31H24ClN7O16S5.O3S/c32-29-35-30(33-17-5-7-18(8-6-17)56(41,42)13-12-55-60(52,53)54)37-31(36-29)34-24-15-19(57(43,44)45)14-16-4-10-22(27(40)26(16)24)38-39-23-11-9-20-21(28(23)59(49,50)51)2-1-3-25(20)58(46,47)48;1-4(2)3/h1-11,14-15,40H,12-13H2,(H,43,44,45)(H,46,47,48)(H,49,50,51)(H,52,53,54)(H2,33,34,35,36,37);. The van der Waals surface area contributed by atoms with Crippen molar-refractivity contribution in [2.75, 3.05) is 23.0 Å². The number of anilines is 4. The van der Waals surface area contributed by atoms with Gasteiger partial charge in [0.1, 0.15) is 21.2 Å². The molecule has 26 nitrogen and oxygen atoms in total. The monoisotopic (exact) mass is 1020 g/mol. The molecule has 0 atom stereocenters. The highest BCUT2D eigenvalue weighted by atomic mass is 35.5. The predicted octanol–water partition coefficient (Wildman–Crippen LogP) is 3.77. The molecule has 6 rings (SSSR count). The molecule has 0 radical (unpaired) electrons. The van der Waals surface area contributed by atoms with Gasteiger partial charge in [-0.3, -0.25) is 18.2 Å². The molecule has 6 aromatic rings. The highest BCUT2D eigenvalue weighted by Gasteiger charge is 2.25. The fourth-order valence-electron chi connectivity index (χ4n) is 5.53. The van der Waals surface area contributed by atoms with Crippen LogP contribution in [0.2, 0.25) is 5.28 Å². The smallest absolute Gasteiger partial charge is 0.425 e. The van der Waals surface area contributed by atoms with Crippen molar-refractivity contribution in [3.8, 4) is 5.75 Å². The number of azo groups is 1. The normalized spacial score (nSPS) is 12.5. The maximum atomic E-state index is 12.5. The van der Waals surface area contributed by atoms with Gasteiger partial charge in [0, 0.05) is 21.8 Å². The lowest BCUT2D eigenvalue weighted by atomic mass is 10.1. The van der Waals surface area contributed by atoms with E-state index in [4.69, 9.17) is 28.8 Å². The minimum Gasteiger partial charge on any atom is -0.505 e. The van der Waals surface area contributed by atoms with Crippen molar-refractivity contribution in [2.45, 2.75) is 19.6 Å². The Morgan fingerprint density at radius 3 is 1.83 bits per heavy atom. The van der Waals surface area contributed by atoms with E-state index in [0.717, 1.165) is 60.7 Å². The van der Waals surface area contributed by atoms with Crippen molar-refractivity contribution in [2.24, 2.45) is 10.2 Å². The molecule has 64 heavy (non-hydrogen) atoms. The summed E-state index contributed by atoms with van der Waals surface area (Å²) in [5.74, 6) is -2.12. The Labute approximate surface area is 366 Å². The number of halogens is 1. The van der Waals surface area contributed by atoms with E-state index >= 15 is 0 Å². The van der Waals surface area contributed by atoms with E-state index in [-0.39, 0.29) is 55.4 Å². The summed E-state index contributed by atoms with van der Waals surface area (Å²) < 4.78 is 187. The van der Waals surface area contributed by atoms with E-state index in [0.29, 0.717) is 0 Å². The third kappa shape index (κ3) is 12.4. The summed E-state index contributed by atoms with van der Waals surface area (Å²) in [5.41, 5.74) is -0.980. The van der Waals surface area contributed by atoms with Crippen molar-refractivity contribution < 1.29 is 82.2 Å². The van der Waals surface area contributed by atoms with Crippen molar-refractivity contribution in [3.63, 3.8) is 0 Å². The molecule has 0 unspecified atom stereocenters. The van der Waals surface area contributed by atoms with Crippen LogP contribution in [0, 0.1) is 0 Å². The summed E-state index contributed by atoms with van der Waals surface area (Å²) in [6, 6.07) is 14.4. The SMILES string of the molecule is O=S(=O)(O)OCCS(=O)(=O)c1ccc(Nc2nc(Cl)nc(Nc3cc(S(=O)(=O)O)cc4ccc(N=Nc5ccc6c(S(=O)(=O)O)cccc6c5S(=O)(=O)O)c(O)c34)n2)cc1.O=S(=O)=O. The van der Waals surface area contributed by atoms with Crippen LogP contribution in [0.5, 0.6) is 5.75 Å². The summed E-state index contributed by atoms with van der Waals surface area (Å²) in [6.45, 7) is -0.847. The molecule has 1 heterocycles. The van der Waals surface area contributed by atoms with E-state index in [1.165, 1.54) is 18.2 Å². The first kappa shape index (κ1) is 49.1. The van der Waals surface area contributed by atoms with Crippen LogP contribution in [0.25, 0.3) is 21.5 Å². The Morgan fingerprint density at radius 2 is 1.25 bits per heavy atom. The molecule has 0 saturated heterocycles. The lowest BCUT2D eigenvalue weighted by molar-refractivity contribution is 0.284. The quantitative estimate of drug-likeness (QED) is 0.0603. The van der Waals surface area contributed by atoms with Crippen LogP contribution in [-0.4, -0.2) is 105 Å². The number of sulfone groups is 1. The van der Waals surface area contributed by atoms with Gasteiger partial charge in [0.25, 0.3) is 30.4 Å². The second-order valence-corrected chi connectivity index (χ2v) is 20.3. The first-order valence-corrected chi connectivity index (χ1v) is 25.1. The Hall–Kier alpha value is -5.91. The van der Waals surface area contributed by atoms with Crippen LogP contribution in [0.4, 0.5) is 34.6 Å². The Bertz CT molecular complexity index is 3580.